The third kappa shape index (κ3) is 11.2. The number of aromatic nitrogens is 2. The number of nitrogens with zero attached hydrogens (tertiary/aromatic N) is 3. The highest BCUT2D eigenvalue weighted by molar-refractivity contribution is 6.23. The predicted molar refractivity (Wildman–Crippen MR) is 222 cm³/mol. The van der Waals surface area contributed by atoms with Crippen LogP contribution in [0.5, 0.6) is 17.2 Å². The summed E-state index contributed by atoms with van der Waals surface area (Å²) < 4.78 is 17.7. The number of fused-ring (bicyclic) bond motifs is 1. The number of ether oxygens (including phenoxy) is 3. The van der Waals surface area contributed by atoms with Crippen LogP contribution < -0.4 is 20.1 Å². The van der Waals surface area contributed by atoms with E-state index in [4.69, 9.17) is 14.2 Å². The van der Waals surface area contributed by atoms with Gasteiger partial charge in [0.05, 0.1) is 30.1 Å². The molecule has 3 aromatic carbocycles. The number of imide groups is 2. The van der Waals surface area contributed by atoms with Crippen LogP contribution in [0, 0.1) is 0 Å². The maximum absolute atomic E-state index is 13.0. The summed E-state index contributed by atoms with van der Waals surface area (Å²) in [5.74, 6) is -0.0432. The van der Waals surface area contributed by atoms with Crippen LogP contribution in [0.1, 0.15) is 127 Å². The van der Waals surface area contributed by atoms with Gasteiger partial charge in [0.15, 0.2) is 17.4 Å². The molecule has 4 amide bonds. The van der Waals surface area contributed by atoms with E-state index in [0.717, 1.165) is 67.0 Å². The fourth-order valence-electron chi connectivity index (χ4n) is 7.21. The Bertz CT molecular complexity index is 2100. The lowest BCUT2D eigenvalue weighted by Crippen LogP contribution is -2.54. The number of piperidine rings is 1. The minimum atomic E-state index is -0.969. The number of hydrogen-bond acceptors (Lipinski definition) is 11. The van der Waals surface area contributed by atoms with E-state index in [9.17, 15) is 24.0 Å². The summed E-state index contributed by atoms with van der Waals surface area (Å²) in [4.78, 5) is 70.2. The molecule has 6 rings (SSSR count). The number of Topliss-reactive ketones (excluding diaryl/α,β-unsaturated/α-hetero) is 1. The van der Waals surface area contributed by atoms with Crippen molar-refractivity contribution in [3.63, 3.8) is 0 Å². The Kier molecular flexibility index (Phi) is 14.6. The Morgan fingerprint density at radius 1 is 0.746 bits per heavy atom. The molecule has 310 valence electrons. The maximum atomic E-state index is 13.0. The van der Waals surface area contributed by atoms with Gasteiger partial charge in [0.2, 0.25) is 11.8 Å². The summed E-state index contributed by atoms with van der Waals surface area (Å²) in [6, 6.07) is 20.3. The van der Waals surface area contributed by atoms with Crippen molar-refractivity contribution in [1.29, 1.82) is 0 Å². The van der Waals surface area contributed by atoms with Gasteiger partial charge in [-0.1, -0.05) is 63.8 Å². The fourth-order valence-corrected chi connectivity index (χ4v) is 7.21. The van der Waals surface area contributed by atoms with Gasteiger partial charge in [-0.3, -0.25) is 34.2 Å². The number of carbonyl (C=O) groups excluding carboxylic acids is 5. The highest BCUT2D eigenvalue weighted by atomic mass is 16.5. The van der Waals surface area contributed by atoms with E-state index < -0.39 is 29.7 Å². The third-order valence-electron chi connectivity index (χ3n) is 10.8. The lowest BCUT2D eigenvalue weighted by Gasteiger charge is -2.27. The van der Waals surface area contributed by atoms with Gasteiger partial charge in [0.1, 0.15) is 17.5 Å². The van der Waals surface area contributed by atoms with Crippen LogP contribution in [0.4, 0.5) is 5.69 Å². The molecule has 2 aliphatic heterocycles. The number of rotatable bonds is 22. The molecule has 0 bridgehead atoms. The summed E-state index contributed by atoms with van der Waals surface area (Å²) in [5.41, 5.74) is 3.38. The van der Waals surface area contributed by atoms with Gasteiger partial charge < -0.3 is 19.5 Å². The van der Waals surface area contributed by atoms with Crippen molar-refractivity contribution in [1.82, 2.24) is 20.2 Å². The first-order valence-corrected chi connectivity index (χ1v) is 20.5. The van der Waals surface area contributed by atoms with Gasteiger partial charge in [-0.2, -0.15) is 0 Å². The predicted octanol–water partition coefficient (Wildman–Crippen LogP) is 7.83. The molecule has 13 heteroatoms. The summed E-state index contributed by atoms with van der Waals surface area (Å²) in [6.07, 6.45) is 11.7. The van der Waals surface area contributed by atoms with Gasteiger partial charge in [0, 0.05) is 44.2 Å². The topological polar surface area (TPSA) is 166 Å². The van der Waals surface area contributed by atoms with Crippen molar-refractivity contribution in [2.24, 2.45) is 0 Å². The number of hydrogen-bond donors (Lipinski definition) is 2. The van der Waals surface area contributed by atoms with Crippen LogP contribution in [-0.4, -0.2) is 76.7 Å². The third-order valence-corrected chi connectivity index (χ3v) is 10.8. The van der Waals surface area contributed by atoms with Crippen molar-refractivity contribution < 1.29 is 38.2 Å². The van der Waals surface area contributed by atoms with Gasteiger partial charge >= 0.3 is 0 Å². The van der Waals surface area contributed by atoms with Crippen molar-refractivity contribution in [3.05, 3.63) is 107 Å². The van der Waals surface area contributed by atoms with Crippen LogP contribution in [0.3, 0.4) is 0 Å². The Labute approximate surface area is 345 Å². The minimum absolute atomic E-state index is 0.0914. The molecule has 59 heavy (non-hydrogen) atoms. The maximum Gasteiger partial charge on any atom is 0.262 e. The van der Waals surface area contributed by atoms with Crippen molar-refractivity contribution >= 4 is 35.1 Å². The summed E-state index contributed by atoms with van der Waals surface area (Å²) in [7, 11) is 0. The zero-order chi connectivity index (χ0) is 41.8. The van der Waals surface area contributed by atoms with E-state index in [0.29, 0.717) is 31.3 Å². The van der Waals surface area contributed by atoms with Crippen molar-refractivity contribution in [3.8, 4) is 17.2 Å². The smallest absolute Gasteiger partial charge is 0.262 e. The van der Waals surface area contributed by atoms with E-state index in [2.05, 4.69) is 58.7 Å². The molecule has 3 heterocycles. The molecule has 1 fully saturated rings. The zero-order valence-electron chi connectivity index (χ0n) is 34.1. The van der Waals surface area contributed by atoms with Gasteiger partial charge in [-0.25, -0.2) is 9.97 Å². The molecule has 13 nitrogen and oxygen atoms in total. The highest BCUT2D eigenvalue weighted by Crippen LogP contribution is 2.34. The first kappa shape index (κ1) is 42.7. The molecule has 1 saturated heterocycles. The quantitative estimate of drug-likeness (QED) is 0.0452. The molecular weight excluding hydrogens is 751 g/mol. The van der Waals surface area contributed by atoms with Crippen LogP contribution in [0.2, 0.25) is 0 Å². The molecule has 1 aromatic heterocycles. The molecule has 1 atom stereocenters. The number of unbranched alkanes of at least 4 members (excludes halogenated alkanes) is 6. The standard InChI is InChI=1S/C46H53N5O8/c1-31(52)42-48-29-37(30-49-42)59-36-19-14-33(15-20-36)46(2,3)32-12-17-35(18-13-32)58-27-10-7-5-4-6-9-25-57-26-11-8-24-47-34-16-21-38-39(28-34)45(56)51(44(38)55)40-22-23-41(53)50-43(40)54/h12-21,28-30,40,47H,4-11,22-27H2,1-3H3,(H,50,53,54). The number of ketones is 1. The Morgan fingerprint density at radius 2 is 1.34 bits per heavy atom. The number of amides is 4. The van der Waals surface area contributed by atoms with Crippen LogP contribution in [-0.2, 0) is 19.7 Å². The first-order chi connectivity index (χ1) is 28.5. The van der Waals surface area contributed by atoms with Gasteiger partial charge in [-0.15, -0.1) is 0 Å². The SMILES string of the molecule is CC(=O)c1ncc(Oc2ccc(C(C)(C)c3ccc(OCCCCCCCCOCCCCNc4ccc5c(c4)C(=O)N(C4CCC(=O)NC4=O)C5=O)cc3)cc2)cn1. The lowest BCUT2D eigenvalue weighted by molar-refractivity contribution is -0.136. The number of anilines is 1. The summed E-state index contributed by atoms with van der Waals surface area (Å²) in [6.45, 7) is 8.64. The van der Waals surface area contributed by atoms with E-state index in [1.807, 2.05) is 24.3 Å². The van der Waals surface area contributed by atoms with Gasteiger partial charge in [0.25, 0.3) is 11.8 Å². The second kappa shape index (κ2) is 20.1. The zero-order valence-corrected chi connectivity index (χ0v) is 34.1. The van der Waals surface area contributed by atoms with Crippen molar-refractivity contribution in [2.45, 2.75) is 96.4 Å². The summed E-state index contributed by atoms with van der Waals surface area (Å²) in [5, 5.41) is 5.52. The molecule has 0 radical (unpaired) electrons. The molecular formula is C46H53N5O8. The monoisotopic (exact) mass is 803 g/mol. The molecule has 0 saturated carbocycles. The Hall–Kier alpha value is -5.95. The average Bonchev–Trinajstić information content (AvgIpc) is 3.47. The molecule has 0 spiro atoms. The molecule has 1 unspecified atom stereocenters. The van der Waals surface area contributed by atoms with Crippen LogP contribution in [0.15, 0.2) is 79.1 Å². The summed E-state index contributed by atoms with van der Waals surface area (Å²) >= 11 is 0. The second-order valence-corrected chi connectivity index (χ2v) is 15.5. The minimum Gasteiger partial charge on any atom is -0.494 e. The molecule has 2 aliphatic rings. The normalized spacial score (nSPS) is 15.2. The van der Waals surface area contributed by atoms with E-state index in [1.54, 1.807) is 18.2 Å². The number of benzene rings is 3. The van der Waals surface area contributed by atoms with E-state index in [1.165, 1.54) is 37.7 Å². The lowest BCUT2D eigenvalue weighted by atomic mass is 9.78. The Morgan fingerprint density at radius 3 is 1.98 bits per heavy atom. The second-order valence-electron chi connectivity index (χ2n) is 15.5. The number of carbonyl (C=O) groups is 5. The van der Waals surface area contributed by atoms with Crippen molar-refractivity contribution in [2.75, 3.05) is 31.7 Å². The molecule has 2 N–H and O–H groups in total. The van der Waals surface area contributed by atoms with E-state index >= 15 is 0 Å². The van der Waals surface area contributed by atoms with Crippen LogP contribution >= 0.6 is 0 Å². The fraction of sp³-hybridized carbons (Fsp3) is 0.413. The van der Waals surface area contributed by atoms with Crippen LogP contribution in [0.25, 0.3) is 0 Å². The molecule has 4 aromatic rings. The Balaban J connectivity index is 0.774. The number of nitrogens with one attached hydrogen (secondary N) is 2. The van der Waals surface area contributed by atoms with E-state index in [-0.39, 0.29) is 41.0 Å². The average molecular weight is 804 g/mol. The largest absolute Gasteiger partial charge is 0.494 e. The highest BCUT2D eigenvalue weighted by Gasteiger charge is 2.44. The van der Waals surface area contributed by atoms with Gasteiger partial charge in [-0.05, 0) is 85.7 Å². The molecule has 0 aliphatic carbocycles. The first-order valence-electron chi connectivity index (χ1n) is 20.5.